The van der Waals surface area contributed by atoms with Crippen molar-refractivity contribution in [2.75, 3.05) is 13.2 Å². The average Bonchev–Trinajstić information content (AvgIpc) is 2.96. The number of aromatic hydroxyl groups is 1. The number of hydrogen-bond donors (Lipinski definition) is 4. The van der Waals surface area contributed by atoms with E-state index in [-0.39, 0.29) is 41.3 Å². The molecule has 0 fully saturated rings. The van der Waals surface area contributed by atoms with E-state index in [1.165, 1.54) is 37.3 Å². The Morgan fingerprint density at radius 3 is 2.48 bits per heavy atom. The molecule has 1 aliphatic rings. The first-order chi connectivity index (χ1) is 20.0. The van der Waals surface area contributed by atoms with E-state index >= 15 is 0 Å². The molecular formula is C31H35NO10. The van der Waals surface area contributed by atoms with Gasteiger partial charge in [0.05, 0.1) is 18.2 Å². The van der Waals surface area contributed by atoms with Crippen LogP contribution in [0.15, 0.2) is 60.7 Å². The largest absolute Gasteiger partial charge is 0.507 e. The third-order valence-electron chi connectivity index (χ3n) is 6.56. The lowest BCUT2D eigenvalue weighted by Gasteiger charge is -2.25. The lowest BCUT2D eigenvalue weighted by atomic mass is 9.98. The summed E-state index contributed by atoms with van der Waals surface area (Å²) in [5.41, 5.74) is 0.284. The van der Waals surface area contributed by atoms with Gasteiger partial charge in [-0.15, -0.1) is 0 Å². The van der Waals surface area contributed by atoms with Gasteiger partial charge >= 0.3 is 11.9 Å². The molecule has 4 N–H and O–H groups in total. The number of ketones is 1. The molecule has 0 saturated heterocycles. The van der Waals surface area contributed by atoms with Crippen LogP contribution in [0, 0.1) is 5.92 Å². The van der Waals surface area contributed by atoms with Gasteiger partial charge < -0.3 is 34.8 Å². The van der Waals surface area contributed by atoms with Crippen LogP contribution in [0.1, 0.15) is 53.5 Å². The molecule has 11 nitrogen and oxygen atoms in total. The highest BCUT2D eigenvalue weighted by Crippen LogP contribution is 2.31. The van der Waals surface area contributed by atoms with E-state index in [1.54, 1.807) is 50.3 Å². The van der Waals surface area contributed by atoms with E-state index in [2.05, 4.69) is 5.32 Å². The number of ether oxygens (including phenoxy) is 3. The van der Waals surface area contributed by atoms with E-state index < -0.39 is 60.4 Å². The molecule has 0 saturated carbocycles. The molecule has 1 heterocycles. The molecular weight excluding hydrogens is 546 g/mol. The minimum absolute atomic E-state index is 0.0683. The van der Waals surface area contributed by atoms with Gasteiger partial charge in [-0.25, -0.2) is 9.59 Å². The number of aliphatic hydroxyl groups excluding tert-OH is 2. The second-order valence-corrected chi connectivity index (χ2v) is 9.93. The number of carbonyl (C=O) groups excluding carboxylic acids is 4. The summed E-state index contributed by atoms with van der Waals surface area (Å²) >= 11 is 0. The number of benzene rings is 2. The number of hydrogen-bond acceptors (Lipinski definition) is 10. The zero-order chi connectivity index (χ0) is 30.8. The second kappa shape index (κ2) is 14.9. The maximum Gasteiger partial charge on any atom is 0.342 e. The third kappa shape index (κ3) is 9.02. The highest BCUT2D eigenvalue weighted by molar-refractivity contribution is 5.97. The first-order valence-electron chi connectivity index (χ1n) is 13.4. The van der Waals surface area contributed by atoms with Crippen molar-refractivity contribution >= 4 is 29.7 Å². The van der Waals surface area contributed by atoms with Gasteiger partial charge in [0, 0.05) is 18.9 Å². The number of aliphatic hydroxyl groups is 2. The lowest BCUT2D eigenvalue weighted by Crippen LogP contribution is -2.39. The number of fused-ring (bicyclic) bond motifs is 1. The summed E-state index contributed by atoms with van der Waals surface area (Å²) < 4.78 is 16.6. The summed E-state index contributed by atoms with van der Waals surface area (Å²) in [6.07, 6.45) is 1.05. The quantitative estimate of drug-likeness (QED) is 0.282. The molecule has 2 aromatic carbocycles. The Balaban J connectivity index is 1.88. The predicted octanol–water partition coefficient (Wildman–Crippen LogP) is 2.58. The van der Waals surface area contributed by atoms with Crippen molar-refractivity contribution in [3.8, 4) is 11.5 Å². The molecule has 1 aliphatic heterocycles. The molecule has 0 radical (unpaired) electrons. The minimum atomic E-state index is -1.50. The van der Waals surface area contributed by atoms with Crippen molar-refractivity contribution in [1.29, 1.82) is 0 Å². The molecule has 0 aliphatic carbocycles. The summed E-state index contributed by atoms with van der Waals surface area (Å²) in [6, 6.07) is 10.8. The molecule has 3 rings (SSSR count). The number of Topliss-reactive ketones (excluding diaryl/α,β-unsaturated/α-hetero) is 1. The number of phenols is 1. The first-order valence-corrected chi connectivity index (χ1v) is 13.4. The van der Waals surface area contributed by atoms with Gasteiger partial charge in [0.25, 0.3) is 0 Å². The number of amides is 1. The van der Waals surface area contributed by atoms with Crippen LogP contribution >= 0.6 is 0 Å². The summed E-state index contributed by atoms with van der Waals surface area (Å²) in [5, 5.41) is 34.7. The van der Waals surface area contributed by atoms with Crippen LogP contribution in [0.25, 0.3) is 6.08 Å². The predicted molar refractivity (Wildman–Crippen MR) is 152 cm³/mol. The molecule has 0 spiro atoms. The number of cyclic esters (lactones) is 1. The van der Waals surface area contributed by atoms with Crippen LogP contribution in [0.4, 0.5) is 0 Å². The molecule has 42 heavy (non-hydrogen) atoms. The molecule has 0 aromatic heterocycles. The SMILES string of the molecule is CC(=O)NCC(=O)COc1cc(O)c2c(c1)/C=C/CC(O)C(O)C(OC(=O)c1ccccc1)/C=C\[C@@H](C)C(C)OC2=O. The first kappa shape index (κ1) is 32.0. The van der Waals surface area contributed by atoms with E-state index in [9.17, 15) is 34.5 Å². The molecule has 2 aromatic rings. The maximum atomic E-state index is 13.1. The van der Waals surface area contributed by atoms with Gasteiger partial charge in [-0.05, 0) is 43.2 Å². The Labute approximate surface area is 243 Å². The number of phenolic OH excluding ortho intramolecular Hbond substituents is 1. The van der Waals surface area contributed by atoms with E-state index in [0.717, 1.165) is 0 Å². The smallest absolute Gasteiger partial charge is 0.342 e. The van der Waals surface area contributed by atoms with E-state index in [1.807, 2.05) is 0 Å². The average molecular weight is 582 g/mol. The van der Waals surface area contributed by atoms with Crippen LogP contribution < -0.4 is 10.1 Å². The van der Waals surface area contributed by atoms with Crippen LogP contribution in [0.2, 0.25) is 0 Å². The molecule has 5 atom stereocenters. The molecule has 4 unspecified atom stereocenters. The fourth-order valence-corrected chi connectivity index (χ4v) is 3.95. The summed E-state index contributed by atoms with van der Waals surface area (Å²) in [5.74, 6) is -3.11. The fraction of sp³-hybridized carbons (Fsp3) is 0.355. The van der Waals surface area contributed by atoms with Crippen LogP contribution in [0.5, 0.6) is 11.5 Å². The van der Waals surface area contributed by atoms with Crippen molar-refractivity contribution < 1.29 is 48.7 Å². The van der Waals surface area contributed by atoms with Gasteiger partial charge in [-0.1, -0.05) is 43.4 Å². The molecule has 11 heteroatoms. The van der Waals surface area contributed by atoms with E-state index in [0.29, 0.717) is 0 Å². The van der Waals surface area contributed by atoms with E-state index in [4.69, 9.17) is 14.2 Å². The highest BCUT2D eigenvalue weighted by Gasteiger charge is 2.29. The van der Waals surface area contributed by atoms with Crippen LogP contribution in [0.3, 0.4) is 0 Å². The molecule has 224 valence electrons. The Bertz CT molecular complexity index is 1340. The third-order valence-corrected chi connectivity index (χ3v) is 6.56. The van der Waals surface area contributed by atoms with Crippen molar-refractivity contribution in [3.63, 3.8) is 0 Å². The number of rotatable bonds is 7. The van der Waals surface area contributed by atoms with Crippen molar-refractivity contribution in [3.05, 3.63) is 77.4 Å². The maximum absolute atomic E-state index is 13.1. The molecule has 0 bridgehead atoms. The zero-order valence-electron chi connectivity index (χ0n) is 23.6. The Morgan fingerprint density at radius 2 is 1.79 bits per heavy atom. The van der Waals surface area contributed by atoms with Crippen molar-refractivity contribution in [1.82, 2.24) is 5.32 Å². The van der Waals surface area contributed by atoms with Gasteiger partial charge in [-0.3, -0.25) is 9.59 Å². The standard InChI is InChI=1S/C31H35NO10/c1-18-12-13-27(42-30(38)21-8-5-4-6-9-21)29(37)25(35)11-7-10-22-14-24(40-17-23(34)16-32-20(3)33)15-26(36)28(22)31(39)41-19(18)2/h4-10,12-15,18-19,25,27,29,35-37H,11,16-17H2,1-3H3,(H,32,33)/b10-7+,13-12-/t18-,19?,25?,27?,29?/m1/s1. The van der Waals surface area contributed by atoms with Crippen molar-refractivity contribution in [2.45, 2.75) is 51.6 Å². The number of nitrogens with one attached hydrogen (secondary N) is 1. The van der Waals surface area contributed by atoms with Crippen LogP contribution in [-0.2, 0) is 19.1 Å². The number of esters is 2. The van der Waals surface area contributed by atoms with Gasteiger partial charge in [0.2, 0.25) is 5.91 Å². The summed E-state index contributed by atoms with van der Waals surface area (Å²) in [4.78, 5) is 48.8. The highest BCUT2D eigenvalue weighted by atomic mass is 16.6. The van der Waals surface area contributed by atoms with Gasteiger partial charge in [0.15, 0.2) is 5.78 Å². The normalized spacial score (nSPS) is 24.2. The van der Waals surface area contributed by atoms with Gasteiger partial charge in [0.1, 0.15) is 42.0 Å². The monoisotopic (exact) mass is 581 g/mol. The van der Waals surface area contributed by atoms with Crippen LogP contribution in [-0.4, -0.2) is 76.5 Å². The second-order valence-electron chi connectivity index (χ2n) is 9.93. The topological polar surface area (TPSA) is 169 Å². The Hall–Kier alpha value is -4.48. The zero-order valence-corrected chi connectivity index (χ0v) is 23.6. The van der Waals surface area contributed by atoms with Gasteiger partial charge in [-0.2, -0.15) is 0 Å². The Kier molecular flexibility index (Phi) is 11.4. The Morgan fingerprint density at radius 1 is 1.07 bits per heavy atom. The molecule has 1 amide bonds. The summed E-state index contributed by atoms with van der Waals surface area (Å²) in [7, 11) is 0. The summed E-state index contributed by atoms with van der Waals surface area (Å²) in [6.45, 7) is 4.03. The fourth-order valence-electron chi connectivity index (χ4n) is 3.95. The lowest BCUT2D eigenvalue weighted by molar-refractivity contribution is -0.124. The minimum Gasteiger partial charge on any atom is -0.507 e. The van der Waals surface area contributed by atoms with Crippen molar-refractivity contribution in [2.24, 2.45) is 5.92 Å². The number of carbonyl (C=O) groups is 4.